The molecule has 4 heteroatoms. The molecule has 1 N–H and O–H groups in total. The number of hydrogen-bond acceptors (Lipinski definition) is 2. The van der Waals surface area contributed by atoms with Gasteiger partial charge in [-0.25, -0.2) is 4.79 Å². The van der Waals surface area contributed by atoms with Crippen molar-refractivity contribution in [2.75, 3.05) is 0 Å². The molecule has 0 aliphatic heterocycles. The Balaban J connectivity index is 2.14. The average Bonchev–Trinajstić information content (AvgIpc) is 2.73. The lowest BCUT2D eigenvalue weighted by molar-refractivity contribution is -0.131. The molecular formula is C14H14N2O2. The second kappa shape index (κ2) is 5.31. The van der Waals surface area contributed by atoms with Gasteiger partial charge in [0, 0.05) is 12.3 Å². The van der Waals surface area contributed by atoms with E-state index in [4.69, 9.17) is 5.11 Å². The first-order valence-corrected chi connectivity index (χ1v) is 5.62. The summed E-state index contributed by atoms with van der Waals surface area (Å²) in [5.41, 5.74) is 3.08. The molecule has 0 aliphatic rings. The van der Waals surface area contributed by atoms with E-state index in [2.05, 4.69) is 5.10 Å². The number of rotatable bonds is 4. The maximum Gasteiger partial charge on any atom is 0.328 e. The molecule has 0 radical (unpaired) electrons. The van der Waals surface area contributed by atoms with Gasteiger partial charge in [0.25, 0.3) is 0 Å². The maximum absolute atomic E-state index is 10.5. The molecule has 0 aliphatic carbocycles. The Labute approximate surface area is 105 Å². The molecule has 1 aromatic heterocycles. The molecule has 0 spiro atoms. The van der Waals surface area contributed by atoms with Crippen molar-refractivity contribution in [1.29, 1.82) is 0 Å². The Kier molecular flexibility index (Phi) is 3.57. The van der Waals surface area contributed by atoms with Crippen LogP contribution in [0.2, 0.25) is 0 Å². The Morgan fingerprint density at radius 3 is 3.00 bits per heavy atom. The second-order valence-electron chi connectivity index (χ2n) is 4.13. The average molecular weight is 242 g/mol. The molecule has 4 nitrogen and oxygen atoms in total. The largest absolute Gasteiger partial charge is 0.478 e. The molecule has 1 aromatic carbocycles. The highest BCUT2D eigenvalue weighted by Gasteiger charge is 1.98. The normalized spacial score (nSPS) is 10.9. The zero-order valence-electron chi connectivity index (χ0n) is 10.1. The summed E-state index contributed by atoms with van der Waals surface area (Å²) in [6, 6.07) is 7.73. The van der Waals surface area contributed by atoms with E-state index < -0.39 is 5.97 Å². The third-order valence-electron chi connectivity index (χ3n) is 2.48. The van der Waals surface area contributed by atoms with E-state index in [9.17, 15) is 4.79 Å². The summed E-state index contributed by atoms with van der Waals surface area (Å²) in [7, 11) is 0. The number of hydrogen-bond donors (Lipinski definition) is 1. The van der Waals surface area contributed by atoms with Crippen molar-refractivity contribution in [3.8, 4) is 0 Å². The topological polar surface area (TPSA) is 55.1 Å². The number of aryl methyl sites for hydroxylation is 1. The Hall–Kier alpha value is -2.36. The summed E-state index contributed by atoms with van der Waals surface area (Å²) in [5, 5.41) is 12.8. The van der Waals surface area contributed by atoms with Gasteiger partial charge >= 0.3 is 5.97 Å². The Morgan fingerprint density at radius 2 is 2.33 bits per heavy atom. The molecule has 0 amide bonds. The molecular weight excluding hydrogens is 228 g/mol. The van der Waals surface area contributed by atoms with Crippen LogP contribution in [0.1, 0.15) is 16.7 Å². The van der Waals surface area contributed by atoms with Gasteiger partial charge in [0.1, 0.15) is 0 Å². The smallest absolute Gasteiger partial charge is 0.328 e. The number of nitrogens with zero attached hydrogens (tertiary/aromatic N) is 2. The molecule has 2 aromatic rings. The Bertz CT molecular complexity index is 585. The highest BCUT2D eigenvalue weighted by atomic mass is 16.4. The van der Waals surface area contributed by atoms with Crippen LogP contribution in [0.15, 0.2) is 42.7 Å². The van der Waals surface area contributed by atoms with Crippen molar-refractivity contribution in [2.45, 2.75) is 13.5 Å². The van der Waals surface area contributed by atoms with Crippen LogP contribution < -0.4 is 0 Å². The number of aliphatic carboxylic acids is 1. The van der Waals surface area contributed by atoms with Crippen LogP contribution in [0.25, 0.3) is 6.08 Å². The van der Waals surface area contributed by atoms with Gasteiger partial charge in [0.05, 0.1) is 12.7 Å². The van der Waals surface area contributed by atoms with Crippen molar-refractivity contribution in [1.82, 2.24) is 9.78 Å². The molecule has 18 heavy (non-hydrogen) atoms. The van der Waals surface area contributed by atoms with E-state index in [0.29, 0.717) is 6.54 Å². The third-order valence-corrected chi connectivity index (χ3v) is 2.48. The fourth-order valence-corrected chi connectivity index (χ4v) is 1.70. The summed E-state index contributed by atoms with van der Waals surface area (Å²) < 4.78 is 1.86. The summed E-state index contributed by atoms with van der Waals surface area (Å²) in [5.74, 6) is -0.942. The predicted octanol–water partition coefficient (Wildman–Crippen LogP) is 2.34. The van der Waals surface area contributed by atoms with Crippen LogP contribution in [0.4, 0.5) is 0 Å². The number of carbonyl (C=O) groups is 1. The molecule has 92 valence electrons. The quantitative estimate of drug-likeness (QED) is 0.837. The highest BCUT2D eigenvalue weighted by Crippen LogP contribution is 2.09. The molecule has 0 unspecified atom stereocenters. The van der Waals surface area contributed by atoms with Gasteiger partial charge in [-0.2, -0.15) is 5.10 Å². The lowest BCUT2D eigenvalue weighted by atomic mass is 10.1. The van der Waals surface area contributed by atoms with E-state index in [1.54, 1.807) is 6.08 Å². The van der Waals surface area contributed by atoms with Gasteiger partial charge in [-0.3, -0.25) is 4.68 Å². The SMILES string of the molecule is Cc1cnn(Cc2cccc(/C=C/C(=O)O)c2)c1. The lowest BCUT2D eigenvalue weighted by Crippen LogP contribution is -1.99. The molecule has 0 fully saturated rings. The van der Waals surface area contributed by atoms with Gasteiger partial charge in [-0.05, 0) is 35.8 Å². The van der Waals surface area contributed by atoms with E-state index in [1.807, 2.05) is 48.3 Å². The van der Waals surface area contributed by atoms with Crippen LogP contribution in [-0.2, 0) is 11.3 Å². The minimum atomic E-state index is -0.942. The van der Waals surface area contributed by atoms with Crippen molar-refractivity contribution >= 4 is 12.0 Å². The molecule has 0 bridgehead atoms. The summed E-state index contributed by atoms with van der Waals surface area (Å²) in [6.45, 7) is 2.68. The standard InChI is InChI=1S/C14H14N2O2/c1-11-8-15-16(9-11)10-13-4-2-3-12(7-13)5-6-14(17)18/h2-9H,10H2,1H3,(H,17,18)/b6-5+. The van der Waals surface area contributed by atoms with Crippen LogP contribution >= 0.6 is 0 Å². The maximum atomic E-state index is 10.5. The van der Waals surface area contributed by atoms with Crippen molar-refractivity contribution in [3.63, 3.8) is 0 Å². The summed E-state index contributed by atoms with van der Waals surface area (Å²) in [4.78, 5) is 10.5. The van der Waals surface area contributed by atoms with Gasteiger partial charge < -0.3 is 5.11 Å². The first kappa shape index (κ1) is 12.1. The predicted molar refractivity (Wildman–Crippen MR) is 69.2 cm³/mol. The zero-order chi connectivity index (χ0) is 13.0. The van der Waals surface area contributed by atoms with E-state index in [-0.39, 0.29) is 0 Å². The number of benzene rings is 1. The van der Waals surface area contributed by atoms with Crippen LogP contribution in [0.5, 0.6) is 0 Å². The van der Waals surface area contributed by atoms with Crippen molar-refractivity contribution in [3.05, 3.63) is 59.4 Å². The molecule has 0 atom stereocenters. The minimum absolute atomic E-state index is 0.683. The molecule has 1 heterocycles. The van der Waals surface area contributed by atoms with E-state index in [1.165, 1.54) is 0 Å². The molecule has 0 saturated carbocycles. The van der Waals surface area contributed by atoms with Crippen LogP contribution in [0, 0.1) is 6.92 Å². The summed E-state index contributed by atoms with van der Waals surface area (Å²) >= 11 is 0. The van der Waals surface area contributed by atoms with Gasteiger partial charge in [0.15, 0.2) is 0 Å². The zero-order valence-corrected chi connectivity index (χ0v) is 10.1. The summed E-state index contributed by atoms with van der Waals surface area (Å²) in [6.07, 6.45) is 6.51. The van der Waals surface area contributed by atoms with Crippen molar-refractivity contribution < 1.29 is 9.90 Å². The first-order chi connectivity index (χ1) is 8.63. The van der Waals surface area contributed by atoms with E-state index >= 15 is 0 Å². The Morgan fingerprint density at radius 1 is 1.50 bits per heavy atom. The van der Waals surface area contributed by atoms with Gasteiger partial charge in [-0.15, -0.1) is 0 Å². The second-order valence-corrected chi connectivity index (χ2v) is 4.13. The van der Waals surface area contributed by atoms with Crippen LogP contribution in [0.3, 0.4) is 0 Å². The van der Waals surface area contributed by atoms with Gasteiger partial charge in [0.2, 0.25) is 0 Å². The number of aromatic nitrogens is 2. The number of carboxylic acid groups (broad SMARTS) is 1. The van der Waals surface area contributed by atoms with E-state index in [0.717, 1.165) is 22.8 Å². The molecule has 0 saturated heterocycles. The molecule has 2 rings (SSSR count). The first-order valence-electron chi connectivity index (χ1n) is 5.62. The minimum Gasteiger partial charge on any atom is -0.478 e. The third kappa shape index (κ3) is 3.31. The van der Waals surface area contributed by atoms with Crippen LogP contribution in [-0.4, -0.2) is 20.9 Å². The monoisotopic (exact) mass is 242 g/mol. The number of carboxylic acids is 1. The fraction of sp³-hybridized carbons (Fsp3) is 0.143. The van der Waals surface area contributed by atoms with Gasteiger partial charge in [-0.1, -0.05) is 18.2 Å². The highest BCUT2D eigenvalue weighted by molar-refractivity contribution is 5.85. The van der Waals surface area contributed by atoms with Crippen molar-refractivity contribution in [2.24, 2.45) is 0 Å². The fourth-order valence-electron chi connectivity index (χ4n) is 1.70. The lowest BCUT2D eigenvalue weighted by Gasteiger charge is -2.03.